The lowest BCUT2D eigenvalue weighted by molar-refractivity contribution is -0.0546. The molecule has 0 radical (unpaired) electrons. The summed E-state index contributed by atoms with van der Waals surface area (Å²) >= 11 is 0. The number of carbonyl (C=O) groups is 1. The van der Waals surface area contributed by atoms with Crippen LogP contribution in [0, 0.1) is 0 Å². The highest BCUT2D eigenvalue weighted by atomic mass is 16.6. The summed E-state index contributed by atoms with van der Waals surface area (Å²) in [6, 6.07) is 6.47. The summed E-state index contributed by atoms with van der Waals surface area (Å²) in [6.45, 7) is 7.87. The number of amides is 1. The molecule has 1 aromatic rings. The lowest BCUT2D eigenvalue weighted by Gasteiger charge is -2.43. The van der Waals surface area contributed by atoms with Crippen LogP contribution in [-0.2, 0) is 10.3 Å². The lowest BCUT2D eigenvalue weighted by atomic mass is 9.81. The van der Waals surface area contributed by atoms with Crippen LogP contribution in [0.3, 0.4) is 0 Å². The van der Waals surface area contributed by atoms with Crippen molar-refractivity contribution < 1.29 is 19.7 Å². The second kappa shape index (κ2) is 5.80. The Kier molecular flexibility index (Phi) is 4.38. The van der Waals surface area contributed by atoms with Crippen molar-refractivity contribution in [2.24, 2.45) is 0 Å². The van der Waals surface area contributed by atoms with Gasteiger partial charge in [0.1, 0.15) is 11.4 Å². The van der Waals surface area contributed by atoms with E-state index < -0.39 is 11.2 Å². The Hall–Kier alpha value is -1.75. The Morgan fingerprint density at radius 1 is 1.32 bits per heavy atom. The fraction of sp³-hybridized carbons (Fsp3) is 0.588. The molecule has 0 unspecified atom stereocenters. The van der Waals surface area contributed by atoms with Crippen LogP contribution in [0.1, 0.15) is 46.1 Å². The molecule has 1 aromatic carbocycles. The first-order valence-corrected chi connectivity index (χ1v) is 7.62. The quantitative estimate of drug-likeness (QED) is 0.837. The van der Waals surface area contributed by atoms with Crippen LogP contribution in [-0.4, -0.2) is 39.4 Å². The van der Waals surface area contributed by atoms with Crippen molar-refractivity contribution in [3.8, 4) is 5.75 Å². The number of hydrogen-bond donors (Lipinski definition) is 2. The van der Waals surface area contributed by atoms with Crippen molar-refractivity contribution in [3.63, 3.8) is 0 Å². The number of piperidine rings is 1. The van der Waals surface area contributed by atoms with E-state index in [1.165, 1.54) is 0 Å². The molecule has 1 fully saturated rings. The monoisotopic (exact) mass is 307 g/mol. The minimum absolute atomic E-state index is 0.123. The molecule has 1 aliphatic heterocycles. The molecule has 2 atom stereocenters. The minimum atomic E-state index is -0.981. The van der Waals surface area contributed by atoms with E-state index in [-0.39, 0.29) is 17.9 Å². The van der Waals surface area contributed by atoms with Gasteiger partial charge in [0.15, 0.2) is 0 Å². The third-order valence-electron chi connectivity index (χ3n) is 3.96. The van der Waals surface area contributed by atoms with Crippen LogP contribution < -0.4 is 0 Å². The van der Waals surface area contributed by atoms with Gasteiger partial charge in [-0.3, -0.25) is 0 Å². The predicted octanol–water partition coefficient (Wildman–Crippen LogP) is 3.00. The molecule has 0 spiro atoms. The Bertz CT molecular complexity index is 535. The fourth-order valence-electron chi connectivity index (χ4n) is 2.85. The van der Waals surface area contributed by atoms with E-state index >= 15 is 0 Å². The fourth-order valence-corrected chi connectivity index (χ4v) is 2.85. The Morgan fingerprint density at radius 2 is 1.91 bits per heavy atom. The molecule has 2 rings (SSSR count). The number of nitrogens with zero attached hydrogens (tertiary/aromatic N) is 1. The molecule has 5 nitrogen and oxygen atoms in total. The van der Waals surface area contributed by atoms with E-state index in [1.54, 1.807) is 29.2 Å². The standard InChI is InChI=1S/C17H25NO4/c1-12-11-17(21,13-5-7-14(19)8-6-13)9-10-18(12)15(20)22-16(2,3)4/h5-8,12,19,21H,9-11H2,1-4H3/t12-,17-/m0/s1. The van der Waals surface area contributed by atoms with Gasteiger partial charge in [-0.25, -0.2) is 4.79 Å². The molecule has 1 heterocycles. The van der Waals surface area contributed by atoms with Gasteiger partial charge in [0.05, 0.1) is 5.60 Å². The van der Waals surface area contributed by atoms with E-state index in [0.717, 1.165) is 5.56 Å². The average molecular weight is 307 g/mol. The first kappa shape index (κ1) is 16.6. The number of phenols is 1. The minimum Gasteiger partial charge on any atom is -0.508 e. The van der Waals surface area contributed by atoms with Crippen LogP contribution in [0.15, 0.2) is 24.3 Å². The Labute approximate surface area is 131 Å². The third-order valence-corrected chi connectivity index (χ3v) is 3.96. The van der Waals surface area contributed by atoms with E-state index in [0.29, 0.717) is 19.4 Å². The van der Waals surface area contributed by atoms with Gasteiger partial charge in [-0.05, 0) is 51.8 Å². The SMILES string of the molecule is C[C@H]1C[C@](O)(c2ccc(O)cc2)CCN1C(=O)OC(C)(C)C. The van der Waals surface area contributed by atoms with Crippen LogP contribution >= 0.6 is 0 Å². The highest BCUT2D eigenvalue weighted by Gasteiger charge is 2.40. The van der Waals surface area contributed by atoms with Gasteiger partial charge in [0.25, 0.3) is 0 Å². The molecule has 0 bridgehead atoms. The number of hydrogen-bond acceptors (Lipinski definition) is 4. The zero-order valence-corrected chi connectivity index (χ0v) is 13.7. The average Bonchev–Trinajstić information content (AvgIpc) is 2.36. The number of carbonyl (C=O) groups excluding carboxylic acids is 1. The molecule has 22 heavy (non-hydrogen) atoms. The van der Waals surface area contributed by atoms with Gasteiger partial charge < -0.3 is 19.8 Å². The zero-order valence-electron chi connectivity index (χ0n) is 13.7. The first-order valence-electron chi connectivity index (χ1n) is 7.62. The number of aliphatic hydroxyl groups is 1. The Morgan fingerprint density at radius 3 is 2.41 bits per heavy atom. The summed E-state index contributed by atoms with van der Waals surface area (Å²) in [4.78, 5) is 13.9. The molecule has 5 heteroatoms. The van der Waals surface area contributed by atoms with E-state index in [9.17, 15) is 15.0 Å². The van der Waals surface area contributed by atoms with Gasteiger partial charge in [-0.1, -0.05) is 12.1 Å². The van der Waals surface area contributed by atoms with Crippen molar-refractivity contribution >= 4 is 6.09 Å². The summed E-state index contributed by atoms with van der Waals surface area (Å²) in [6.07, 6.45) is 0.547. The van der Waals surface area contributed by atoms with Gasteiger partial charge in [-0.2, -0.15) is 0 Å². The first-order chi connectivity index (χ1) is 10.1. The molecular weight excluding hydrogens is 282 g/mol. The van der Waals surface area contributed by atoms with E-state index in [4.69, 9.17) is 4.74 Å². The van der Waals surface area contributed by atoms with Crippen molar-refractivity contribution in [3.05, 3.63) is 29.8 Å². The second-order valence-electron chi connectivity index (χ2n) is 7.06. The highest BCUT2D eigenvalue weighted by molar-refractivity contribution is 5.68. The van der Waals surface area contributed by atoms with Gasteiger partial charge >= 0.3 is 6.09 Å². The number of rotatable bonds is 1. The van der Waals surface area contributed by atoms with Gasteiger partial charge in [0, 0.05) is 19.0 Å². The Balaban J connectivity index is 2.09. The largest absolute Gasteiger partial charge is 0.508 e. The number of likely N-dealkylation sites (tertiary alicyclic amines) is 1. The topological polar surface area (TPSA) is 70.0 Å². The molecule has 0 saturated carbocycles. The second-order valence-corrected chi connectivity index (χ2v) is 7.06. The summed E-state index contributed by atoms with van der Waals surface area (Å²) in [7, 11) is 0. The smallest absolute Gasteiger partial charge is 0.410 e. The number of aromatic hydroxyl groups is 1. The molecule has 1 amide bonds. The van der Waals surface area contributed by atoms with Crippen LogP contribution in [0.4, 0.5) is 4.79 Å². The summed E-state index contributed by atoms with van der Waals surface area (Å²) in [5.74, 6) is 0.173. The molecule has 1 aliphatic rings. The molecule has 1 saturated heterocycles. The molecular formula is C17H25NO4. The van der Waals surface area contributed by atoms with E-state index in [2.05, 4.69) is 0 Å². The summed E-state index contributed by atoms with van der Waals surface area (Å²) in [5.41, 5.74) is -0.742. The molecule has 2 N–H and O–H groups in total. The number of phenolic OH excluding ortho intramolecular Hbond substituents is 1. The molecule has 0 aromatic heterocycles. The summed E-state index contributed by atoms with van der Waals surface area (Å²) < 4.78 is 5.41. The van der Waals surface area contributed by atoms with Crippen LogP contribution in [0.5, 0.6) is 5.75 Å². The molecule has 122 valence electrons. The maximum Gasteiger partial charge on any atom is 0.410 e. The van der Waals surface area contributed by atoms with Crippen molar-refractivity contribution in [1.29, 1.82) is 0 Å². The maximum atomic E-state index is 12.2. The highest BCUT2D eigenvalue weighted by Crippen LogP contribution is 2.36. The number of ether oxygens (including phenoxy) is 1. The molecule has 0 aliphatic carbocycles. The number of benzene rings is 1. The lowest BCUT2D eigenvalue weighted by Crippen LogP contribution is -2.51. The van der Waals surface area contributed by atoms with E-state index in [1.807, 2.05) is 27.7 Å². The third kappa shape index (κ3) is 3.71. The van der Waals surface area contributed by atoms with Crippen LogP contribution in [0.2, 0.25) is 0 Å². The van der Waals surface area contributed by atoms with Gasteiger partial charge in [-0.15, -0.1) is 0 Å². The van der Waals surface area contributed by atoms with Gasteiger partial charge in [0.2, 0.25) is 0 Å². The van der Waals surface area contributed by atoms with Crippen LogP contribution in [0.25, 0.3) is 0 Å². The van der Waals surface area contributed by atoms with Crippen molar-refractivity contribution in [2.45, 2.75) is 57.8 Å². The van der Waals surface area contributed by atoms with Crippen molar-refractivity contribution in [2.75, 3.05) is 6.54 Å². The predicted molar refractivity (Wildman–Crippen MR) is 83.6 cm³/mol. The maximum absolute atomic E-state index is 12.2. The summed E-state index contributed by atoms with van der Waals surface area (Å²) in [5, 5.41) is 20.2. The normalized spacial score (nSPS) is 25.9. The zero-order chi connectivity index (χ0) is 16.5. The van der Waals surface area contributed by atoms with Crippen molar-refractivity contribution in [1.82, 2.24) is 4.90 Å².